The Kier molecular flexibility index (Phi) is 6.22. The van der Waals surface area contributed by atoms with Crippen molar-refractivity contribution in [2.45, 2.75) is 44.9 Å². The minimum atomic E-state index is 1.12. The first kappa shape index (κ1) is 10.3. The van der Waals surface area contributed by atoms with Gasteiger partial charge in [-0.2, -0.15) is 0 Å². The lowest BCUT2D eigenvalue weighted by Gasteiger charge is -1.90. The molecule has 0 amide bonds. The van der Waals surface area contributed by atoms with Crippen LogP contribution >= 0.6 is 0 Å². The molecule has 0 heterocycles. The summed E-state index contributed by atoms with van der Waals surface area (Å²) >= 11 is 0. The second-order valence-electron chi connectivity index (χ2n) is 3.51. The van der Waals surface area contributed by atoms with Crippen LogP contribution in [0.25, 0.3) is 0 Å². The first-order valence-electron chi connectivity index (χ1n) is 5.45. The number of hydrogen-bond donors (Lipinski definition) is 0. The van der Waals surface area contributed by atoms with E-state index in [1.165, 1.54) is 38.5 Å². The molecule has 13 heavy (non-hydrogen) atoms. The normalized spacial score (nSPS) is 20.3. The Balaban J connectivity index is 2.27. The lowest BCUT2D eigenvalue weighted by Crippen LogP contribution is -1.70. The molecule has 0 spiro atoms. The quantitative estimate of drug-likeness (QED) is 0.480. The molecule has 0 atom stereocenters. The van der Waals surface area contributed by atoms with Crippen molar-refractivity contribution in [1.82, 2.24) is 0 Å². The van der Waals surface area contributed by atoms with E-state index >= 15 is 0 Å². The first-order chi connectivity index (χ1) is 6.50. The van der Waals surface area contributed by atoms with Crippen molar-refractivity contribution in [3.8, 4) is 0 Å². The zero-order valence-electron chi connectivity index (χ0n) is 8.41. The topological polar surface area (TPSA) is 0 Å². The molecule has 0 N–H and O–H groups in total. The highest BCUT2D eigenvalue weighted by atomic mass is 13.9. The Bertz CT molecular complexity index is 164. The van der Waals surface area contributed by atoms with Crippen molar-refractivity contribution in [2.75, 3.05) is 0 Å². The molecule has 0 unspecified atom stereocenters. The molecule has 0 aromatic heterocycles. The average Bonchev–Trinajstić information content (AvgIpc) is 2.18. The van der Waals surface area contributed by atoms with Gasteiger partial charge in [0.1, 0.15) is 0 Å². The molecule has 1 aliphatic rings. The van der Waals surface area contributed by atoms with Gasteiger partial charge in [-0.3, -0.25) is 0 Å². The molecule has 0 aromatic carbocycles. The zero-order valence-corrected chi connectivity index (χ0v) is 8.41. The summed E-state index contributed by atoms with van der Waals surface area (Å²) in [6.07, 6.45) is 22.5. The van der Waals surface area contributed by atoms with Crippen molar-refractivity contribution >= 4 is 0 Å². The molecule has 0 saturated heterocycles. The van der Waals surface area contributed by atoms with Crippen molar-refractivity contribution in [3.63, 3.8) is 0 Å². The minimum Gasteiger partial charge on any atom is -0.0885 e. The summed E-state index contributed by atoms with van der Waals surface area (Å²) in [6.45, 7) is 0. The molecule has 1 rings (SSSR count). The summed E-state index contributed by atoms with van der Waals surface area (Å²) in [6, 6.07) is 0. The highest BCUT2D eigenvalue weighted by Gasteiger charge is 1.84. The molecule has 0 aromatic rings. The summed E-state index contributed by atoms with van der Waals surface area (Å²) in [5.41, 5.74) is 0. The zero-order chi connectivity index (χ0) is 9.19. The van der Waals surface area contributed by atoms with E-state index < -0.39 is 0 Å². The second-order valence-corrected chi connectivity index (χ2v) is 3.51. The standard InChI is InChI=1S/C13H20/c1-2-4-6-8-10-12-13-11-9-7-5-3-1/h1-2,5,7,10,12H,3-4,6,8-9,11,13H2. The summed E-state index contributed by atoms with van der Waals surface area (Å²) in [7, 11) is 0. The Morgan fingerprint density at radius 3 is 1.31 bits per heavy atom. The number of hydrogen-bond acceptors (Lipinski definition) is 0. The van der Waals surface area contributed by atoms with Gasteiger partial charge in [-0.15, -0.1) is 0 Å². The van der Waals surface area contributed by atoms with Gasteiger partial charge in [0.2, 0.25) is 0 Å². The molecule has 0 heteroatoms. The Labute approximate surface area is 82.0 Å². The summed E-state index contributed by atoms with van der Waals surface area (Å²) in [5.74, 6) is 0. The van der Waals surface area contributed by atoms with E-state index in [2.05, 4.69) is 36.5 Å². The molecular formula is C13H20. The maximum atomic E-state index is 2.33. The number of rotatable bonds is 0. The van der Waals surface area contributed by atoms with Gasteiger partial charge < -0.3 is 0 Å². The van der Waals surface area contributed by atoms with Gasteiger partial charge in [0.25, 0.3) is 0 Å². The van der Waals surface area contributed by atoms with Crippen LogP contribution in [-0.4, -0.2) is 0 Å². The highest BCUT2D eigenvalue weighted by Crippen LogP contribution is 2.04. The summed E-state index contributed by atoms with van der Waals surface area (Å²) in [5, 5.41) is 0. The Morgan fingerprint density at radius 1 is 0.462 bits per heavy atom. The van der Waals surface area contributed by atoms with E-state index in [-0.39, 0.29) is 0 Å². The third-order valence-electron chi connectivity index (χ3n) is 2.26. The van der Waals surface area contributed by atoms with Gasteiger partial charge in [-0.25, -0.2) is 0 Å². The van der Waals surface area contributed by atoms with Crippen molar-refractivity contribution < 1.29 is 0 Å². The predicted molar refractivity (Wildman–Crippen MR) is 59.7 cm³/mol. The van der Waals surface area contributed by atoms with Gasteiger partial charge >= 0.3 is 0 Å². The lowest BCUT2D eigenvalue weighted by molar-refractivity contribution is 0.842. The lowest BCUT2D eigenvalue weighted by atomic mass is 10.2. The molecular weight excluding hydrogens is 156 g/mol. The van der Waals surface area contributed by atoms with Crippen LogP contribution < -0.4 is 0 Å². The fraction of sp³-hybridized carbons (Fsp3) is 0.538. The third-order valence-corrected chi connectivity index (χ3v) is 2.26. The van der Waals surface area contributed by atoms with Gasteiger partial charge in [0.05, 0.1) is 0 Å². The van der Waals surface area contributed by atoms with E-state index in [1.54, 1.807) is 0 Å². The largest absolute Gasteiger partial charge is 0.0885 e. The van der Waals surface area contributed by atoms with Crippen molar-refractivity contribution in [2.24, 2.45) is 0 Å². The smallest absolute Gasteiger partial charge is 0.0169 e. The highest BCUT2D eigenvalue weighted by molar-refractivity contribution is 4.94. The molecule has 0 bridgehead atoms. The Morgan fingerprint density at radius 2 is 0.846 bits per heavy atom. The van der Waals surface area contributed by atoms with Gasteiger partial charge in [-0.05, 0) is 44.9 Å². The van der Waals surface area contributed by atoms with Crippen LogP contribution in [0.2, 0.25) is 0 Å². The van der Waals surface area contributed by atoms with Gasteiger partial charge in [0, 0.05) is 0 Å². The fourth-order valence-corrected chi connectivity index (χ4v) is 1.45. The van der Waals surface area contributed by atoms with Crippen molar-refractivity contribution in [3.05, 3.63) is 36.5 Å². The number of allylic oxidation sites excluding steroid dienone is 6. The van der Waals surface area contributed by atoms with Crippen LogP contribution in [0.5, 0.6) is 0 Å². The minimum absolute atomic E-state index is 1.12. The van der Waals surface area contributed by atoms with Crippen LogP contribution in [0.1, 0.15) is 44.9 Å². The maximum absolute atomic E-state index is 2.33. The third kappa shape index (κ3) is 6.39. The van der Waals surface area contributed by atoms with E-state index in [4.69, 9.17) is 0 Å². The van der Waals surface area contributed by atoms with Crippen LogP contribution in [-0.2, 0) is 0 Å². The van der Waals surface area contributed by atoms with Crippen LogP contribution in [0.3, 0.4) is 0 Å². The van der Waals surface area contributed by atoms with E-state index in [1.807, 2.05) is 0 Å². The van der Waals surface area contributed by atoms with E-state index in [9.17, 15) is 0 Å². The van der Waals surface area contributed by atoms with Crippen molar-refractivity contribution in [1.29, 1.82) is 0 Å². The van der Waals surface area contributed by atoms with E-state index in [0.29, 0.717) is 0 Å². The second kappa shape index (κ2) is 7.85. The molecule has 0 fully saturated rings. The average molecular weight is 176 g/mol. The monoisotopic (exact) mass is 176 g/mol. The van der Waals surface area contributed by atoms with Crippen LogP contribution in [0.4, 0.5) is 0 Å². The predicted octanol–water partition coefficient (Wildman–Crippen LogP) is 4.40. The fourth-order valence-electron chi connectivity index (χ4n) is 1.45. The summed E-state index contributed by atoms with van der Waals surface area (Å²) < 4.78 is 0. The molecule has 0 radical (unpaired) electrons. The maximum Gasteiger partial charge on any atom is -0.0169 e. The first-order valence-corrected chi connectivity index (χ1v) is 5.45. The molecule has 0 aliphatic heterocycles. The molecule has 72 valence electrons. The molecule has 0 nitrogen and oxygen atoms in total. The van der Waals surface area contributed by atoms with Gasteiger partial charge in [0.15, 0.2) is 0 Å². The molecule has 0 saturated carbocycles. The van der Waals surface area contributed by atoms with E-state index in [0.717, 1.165) is 6.42 Å². The SMILES string of the molecule is C1=CCCCC=CCCCC=CC1. The molecule has 1 aliphatic carbocycles. The van der Waals surface area contributed by atoms with Crippen LogP contribution in [0, 0.1) is 0 Å². The Hall–Kier alpha value is -0.780. The van der Waals surface area contributed by atoms with Crippen LogP contribution in [0.15, 0.2) is 36.5 Å². The summed E-state index contributed by atoms with van der Waals surface area (Å²) in [4.78, 5) is 0. The van der Waals surface area contributed by atoms with Gasteiger partial charge in [-0.1, -0.05) is 36.5 Å².